The van der Waals surface area contributed by atoms with Crippen LogP contribution in [0.25, 0.3) is 10.9 Å². The molecule has 2 N–H and O–H groups in total. The quantitative estimate of drug-likeness (QED) is 0.575. The summed E-state index contributed by atoms with van der Waals surface area (Å²) in [7, 11) is 0. The molecule has 114 valence electrons. The maximum Gasteiger partial charge on any atom is 0.137 e. The third kappa shape index (κ3) is 3.85. The summed E-state index contributed by atoms with van der Waals surface area (Å²) in [6, 6.07) is 15.5. The Hall–Kier alpha value is -2.90. The second-order valence-corrected chi connectivity index (χ2v) is 5.07. The lowest BCUT2D eigenvalue weighted by molar-refractivity contribution is 0.282. The second kappa shape index (κ2) is 7.39. The number of fused-ring (bicyclic) bond motifs is 1. The second-order valence-electron chi connectivity index (χ2n) is 5.07. The molecule has 0 atom stereocenters. The van der Waals surface area contributed by atoms with Gasteiger partial charge in [-0.05, 0) is 29.8 Å². The van der Waals surface area contributed by atoms with Crippen molar-refractivity contribution in [2.45, 2.75) is 13.0 Å². The molecule has 4 nitrogen and oxygen atoms in total. The van der Waals surface area contributed by atoms with Gasteiger partial charge < -0.3 is 10.4 Å². The number of aliphatic hydroxyl groups excluding tert-OH is 1. The standard InChI is InChI=1S/C19H17N3O/c23-13-16-10-8-15(9-11-16)5-3-4-12-20-19-17-6-1-2-7-18(17)21-14-22-19/h1-2,6-11,14,23H,4,12-13H2,(H,20,21,22). The van der Waals surface area contributed by atoms with Gasteiger partial charge in [-0.2, -0.15) is 0 Å². The highest BCUT2D eigenvalue weighted by atomic mass is 16.3. The molecule has 3 aromatic rings. The minimum atomic E-state index is 0.0600. The van der Waals surface area contributed by atoms with Crippen LogP contribution in [0.3, 0.4) is 0 Å². The molecular weight excluding hydrogens is 286 g/mol. The van der Waals surface area contributed by atoms with E-state index in [0.29, 0.717) is 0 Å². The summed E-state index contributed by atoms with van der Waals surface area (Å²) in [5.74, 6) is 7.09. The zero-order chi connectivity index (χ0) is 15.9. The van der Waals surface area contributed by atoms with E-state index >= 15 is 0 Å². The summed E-state index contributed by atoms with van der Waals surface area (Å²) in [6.45, 7) is 0.785. The summed E-state index contributed by atoms with van der Waals surface area (Å²) >= 11 is 0. The molecule has 4 heteroatoms. The minimum absolute atomic E-state index is 0.0600. The monoisotopic (exact) mass is 303 g/mol. The van der Waals surface area contributed by atoms with Gasteiger partial charge in [0.25, 0.3) is 0 Å². The average molecular weight is 303 g/mol. The van der Waals surface area contributed by atoms with E-state index in [4.69, 9.17) is 5.11 Å². The first kappa shape index (κ1) is 15.0. The van der Waals surface area contributed by atoms with E-state index < -0.39 is 0 Å². The van der Waals surface area contributed by atoms with Crippen molar-refractivity contribution in [2.75, 3.05) is 11.9 Å². The van der Waals surface area contributed by atoms with Crippen LogP contribution in [0.4, 0.5) is 5.82 Å². The highest BCUT2D eigenvalue weighted by Crippen LogP contribution is 2.17. The van der Waals surface area contributed by atoms with Gasteiger partial charge in [0, 0.05) is 23.9 Å². The van der Waals surface area contributed by atoms with E-state index in [1.165, 1.54) is 0 Å². The SMILES string of the molecule is OCc1ccc(C#CCCNc2ncnc3ccccc23)cc1. The predicted octanol–water partition coefficient (Wildman–Crippen LogP) is 2.98. The van der Waals surface area contributed by atoms with E-state index in [0.717, 1.165) is 40.8 Å². The summed E-state index contributed by atoms with van der Waals surface area (Å²) < 4.78 is 0. The van der Waals surface area contributed by atoms with Crippen molar-refractivity contribution in [1.82, 2.24) is 9.97 Å². The minimum Gasteiger partial charge on any atom is -0.392 e. The molecule has 0 fully saturated rings. The molecule has 0 saturated carbocycles. The fraction of sp³-hybridized carbons (Fsp3) is 0.158. The molecule has 23 heavy (non-hydrogen) atoms. The number of hydrogen-bond donors (Lipinski definition) is 2. The van der Waals surface area contributed by atoms with Crippen molar-refractivity contribution in [2.24, 2.45) is 0 Å². The number of aromatic nitrogens is 2. The third-order valence-electron chi connectivity index (χ3n) is 3.45. The normalized spacial score (nSPS) is 10.1. The van der Waals surface area contributed by atoms with Crippen LogP contribution in [0.2, 0.25) is 0 Å². The summed E-state index contributed by atoms with van der Waals surface area (Å²) in [5, 5.41) is 13.3. The van der Waals surface area contributed by atoms with Crippen LogP contribution in [0, 0.1) is 11.8 Å². The Morgan fingerprint density at radius 2 is 1.83 bits per heavy atom. The lowest BCUT2D eigenvalue weighted by Gasteiger charge is -2.05. The molecule has 0 radical (unpaired) electrons. The van der Waals surface area contributed by atoms with Crippen LogP contribution in [0.1, 0.15) is 17.5 Å². The van der Waals surface area contributed by atoms with E-state index in [1.54, 1.807) is 6.33 Å². The Bertz CT molecular complexity index is 842. The van der Waals surface area contributed by atoms with Crippen molar-refractivity contribution in [3.8, 4) is 11.8 Å². The summed E-state index contributed by atoms with van der Waals surface area (Å²) in [5.41, 5.74) is 2.78. The van der Waals surface area contributed by atoms with Gasteiger partial charge in [-0.15, -0.1) is 0 Å². The molecule has 2 aromatic carbocycles. The van der Waals surface area contributed by atoms with Crippen LogP contribution in [0.5, 0.6) is 0 Å². The Labute approximate surface area is 135 Å². The average Bonchev–Trinajstić information content (AvgIpc) is 2.62. The molecule has 0 aliphatic heterocycles. The van der Waals surface area contributed by atoms with Crippen molar-refractivity contribution in [1.29, 1.82) is 0 Å². The van der Waals surface area contributed by atoms with Crippen LogP contribution in [-0.4, -0.2) is 21.6 Å². The van der Waals surface area contributed by atoms with E-state index in [9.17, 15) is 0 Å². The molecule has 0 saturated heterocycles. The number of hydrogen-bond acceptors (Lipinski definition) is 4. The number of nitrogens with one attached hydrogen (secondary N) is 1. The largest absolute Gasteiger partial charge is 0.392 e. The Kier molecular flexibility index (Phi) is 4.82. The van der Waals surface area contributed by atoms with Gasteiger partial charge in [0.1, 0.15) is 12.1 Å². The lowest BCUT2D eigenvalue weighted by Crippen LogP contribution is -2.03. The fourth-order valence-corrected chi connectivity index (χ4v) is 2.25. The first-order valence-corrected chi connectivity index (χ1v) is 7.49. The van der Waals surface area contributed by atoms with Crippen molar-refractivity contribution < 1.29 is 5.11 Å². The summed E-state index contributed by atoms with van der Waals surface area (Å²) in [4.78, 5) is 8.53. The molecule has 1 aromatic heterocycles. The molecule has 0 amide bonds. The van der Waals surface area contributed by atoms with Gasteiger partial charge in [-0.1, -0.05) is 36.1 Å². The molecule has 1 heterocycles. The highest BCUT2D eigenvalue weighted by molar-refractivity contribution is 5.88. The molecule has 3 rings (SSSR count). The van der Waals surface area contributed by atoms with Crippen molar-refractivity contribution in [3.63, 3.8) is 0 Å². The summed E-state index contributed by atoms with van der Waals surface area (Å²) in [6.07, 6.45) is 2.29. The number of nitrogens with zero attached hydrogens (tertiary/aromatic N) is 2. The zero-order valence-corrected chi connectivity index (χ0v) is 12.7. The van der Waals surface area contributed by atoms with Crippen LogP contribution < -0.4 is 5.32 Å². The molecular formula is C19H17N3O. The van der Waals surface area contributed by atoms with Gasteiger partial charge in [-0.25, -0.2) is 9.97 Å². The van der Waals surface area contributed by atoms with Crippen LogP contribution in [-0.2, 0) is 6.61 Å². The third-order valence-corrected chi connectivity index (χ3v) is 3.45. The highest BCUT2D eigenvalue weighted by Gasteiger charge is 2.00. The van der Waals surface area contributed by atoms with Gasteiger partial charge in [0.15, 0.2) is 0 Å². The van der Waals surface area contributed by atoms with Gasteiger partial charge in [0.05, 0.1) is 12.1 Å². The van der Waals surface area contributed by atoms with Gasteiger partial charge in [-0.3, -0.25) is 0 Å². The topological polar surface area (TPSA) is 58.0 Å². The molecule has 0 aliphatic rings. The first-order chi connectivity index (χ1) is 11.4. The van der Waals surface area contributed by atoms with Crippen LogP contribution >= 0.6 is 0 Å². The number of para-hydroxylation sites is 1. The molecule has 0 spiro atoms. The number of anilines is 1. The van der Waals surface area contributed by atoms with E-state index in [2.05, 4.69) is 27.1 Å². The Balaban J connectivity index is 1.58. The number of benzene rings is 2. The number of aliphatic hydroxyl groups is 1. The zero-order valence-electron chi connectivity index (χ0n) is 12.7. The van der Waals surface area contributed by atoms with E-state index in [-0.39, 0.29) is 6.61 Å². The molecule has 0 aliphatic carbocycles. The van der Waals surface area contributed by atoms with Crippen LogP contribution in [0.15, 0.2) is 54.9 Å². The van der Waals surface area contributed by atoms with E-state index in [1.807, 2.05) is 48.5 Å². The fourth-order valence-electron chi connectivity index (χ4n) is 2.25. The van der Waals surface area contributed by atoms with Gasteiger partial charge >= 0.3 is 0 Å². The van der Waals surface area contributed by atoms with Crippen molar-refractivity contribution >= 4 is 16.7 Å². The Morgan fingerprint density at radius 3 is 2.65 bits per heavy atom. The Morgan fingerprint density at radius 1 is 1.00 bits per heavy atom. The maximum atomic E-state index is 9.00. The maximum absolute atomic E-state index is 9.00. The predicted molar refractivity (Wildman–Crippen MR) is 91.9 cm³/mol. The first-order valence-electron chi connectivity index (χ1n) is 7.49. The smallest absolute Gasteiger partial charge is 0.137 e. The molecule has 0 bridgehead atoms. The number of rotatable bonds is 4. The molecule has 0 unspecified atom stereocenters. The van der Waals surface area contributed by atoms with Gasteiger partial charge in [0.2, 0.25) is 0 Å². The lowest BCUT2D eigenvalue weighted by atomic mass is 10.1. The van der Waals surface area contributed by atoms with Crippen molar-refractivity contribution in [3.05, 3.63) is 66.0 Å².